The minimum Gasteiger partial charge on any atom is -0.399 e. The molecule has 0 saturated carbocycles. The van der Waals surface area contributed by atoms with E-state index in [1.807, 2.05) is 36.4 Å². The summed E-state index contributed by atoms with van der Waals surface area (Å²) in [5.74, 6) is 0.686. The van der Waals surface area contributed by atoms with Crippen molar-refractivity contribution in [2.24, 2.45) is 0 Å². The van der Waals surface area contributed by atoms with Crippen molar-refractivity contribution in [1.29, 1.82) is 0 Å². The Morgan fingerprint density at radius 2 is 1.85 bits per heavy atom. The Hall–Kier alpha value is -2.69. The molecule has 100 valence electrons. The van der Waals surface area contributed by atoms with E-state index in [-0.39, 0.29) is 0 Å². The van der Waals surface area contributed by atoms with Gasteiger partial charge in [0.2, 0.25) is 0 Å². The largest absolute Gasteiger partial charge is 0.399 e. The first-order chi connectivity index (χ1) is 9.66. The number of nitrogens with zero attached hydrogens (tertiary/aromatic N) is 4. The minimum absolute atomic E-state index is 0.686. The predicted molar refractivity (Wildman–Crippen MR) is 78.5 cm³/mol. The van der Waals surface area contributed by atoms with Crippen LogP contribution >= 0.6 is 0 Å². The van der Waals surface area contributed by atoms with Crippen LogP contribution < -0.4 is 5.73 Å². The molecule has 0 saturated heterocycles. The van der Waals surface area contributed by atoms with Crippen LogP contribution in [-0.4, -0.2) is 20.2 Å². The molecule has 2 N–H and O–H groups in total. The summed E-state index contributed by atoms with van der Waals surface area (Å²) in [6.45, 7) is 4.14. The van der Waals surface area contributed by atoms with Crippen LogP contribution in [0.25, 0.3) is 17.1 Å². The third kappa shape index (κ3) is 2.03. The van der Waals surface area contributed by atoms with Crippen LogP contribution in [0.3, 0.4) is 0 Å². The van der Waals surface area contributed by atoms with Gasteiger partial charge >= 0.3 is 0 Å². The van der Waals surface area contributed by atoms with Crippen LogP contribution in [0, 0.1) is 13.8 Å². The monoisotopic (exact) mass is 265 g/mol. The summed E-state index contributed by atoms with van der Waals surface area (Å²) in [7, 11) is 0. The number of rotatable bonds is 2. The molecule has 0 unspecified atom stereocenters. The number of hydrogen-bond acceptors (Lipinski definition) is 4. The normalized spacial score (nSPS) is 10.7. The second kappa shape index (κ2) is 4.77. The summed E-state index contributed by atoms with van der Waals surface area (Å²) in [5, 5.41) is 12.0. The van der Waals surface area contributed by atoms with Crippen molar-refractivity contribution >= 4 is 5.69 Å². The second-order valence-electron chi connectivity index (χ2n) is 4.76. The van der Waals surface area contributed by atoms with Gasteiger partial charge in [-0.25, -0.2) is 0 Å². The Bertz CT molecular complexity index is 760. The topological polar surface area (TPSA) is 69.6 Å². The fourth-order valence-electron chi connectivity index (χ4n) is 2.17. The summed E-state index contributed by atoms with van der Waals surface area (Å²) < 4.78 is 1.75. The molecule has 0 radical (unpaired) electrons. The van der Waals surface area contributed by atoms with E-state index in [0.29, 0.717) is 11.5 Å². The van der Waals surface area contributed by atoms with Crippen LogP contribution in [0.1, 0.15) is 11.1 Å². The Kier molecular flexibility index (Phi) is 2.95. The van der Waals surface area contributed by atoms with Crippen molar-refractivity contribution in [2.75, 3.05) is 5.73 Å². The van der Waals surface area contributed by atoms with Crippen LogP contribution in [0.4, 0.5) is 5.69 Å². The second-order valence-corrected chi connectivity index (χ2v) is 4.76. The molecule has 20 heavy (non-hydrogen) atoms. The number of benzene rings is 2. The van der Waals surface area contributed by atoms with Gasteiger partial charge in [0.1, 0.15) is 0 Å². The molecule has 1 aromatic heterocycles. The third-order valence-electron chi connectivity index (χ3n) is 3.42. The maximum atomic E-state index is 5.83. The lowest BCUT2D eigenvalue weighted by atomic mass is 10.1. The average Bonchev–Trinajstić information content (AvgIpc) is 2.91. The predicted octanol–water partition coefficient (Wildman–Crippen LogP) is 2.53. The molecule has 0 bridgehead atoms. The highest BCUT2D eigenvalue weighted by atomic mass is 15.5. The number of aromatic nitrogens is 4. The highest BCUT2D eigenvalue weighted by Gasteiger charge is 2.13. The van der Waals surface area contributed by atoms with Gasteiger partial charge in [-0.15, -0.1) is 5.10 Å². The maximum Gasteiger partial charge on any atom is 0.187 e. The number of nitrogen functional groups attached to an aromatic ring is 1. The smallest absolute Gasteiger partial charge is 0.187 e. The summed E-state index contributed by atoms with van der Waals surface area (Å²) in [5.41, 5.74) is 10.8. The van der Waals surface area contributed by atoms with E-state index in [9.17, 15) is 0 Å². The van der Waals surface area contributed by atoms with E-state index in [2.05, 4.69) is 35.4 Å². The molecular weight excluding hydrogens is 250 g/mol. The van der Waals surface area contributed by atoms with Crippen LogP contribution in [0.15, 0.2) is 42.5 Å². The zero-order valence-electron chi connectivity index (χ0n) is 11.4. The van der Waals surface area contributed by atoms with Gasteiger partial charge in [-0.1, -0.05) is 24.3 Å². The Labute approximate surface area is 117 Å². The van der Waals surface area contributed by atoms with Gasteiger partial charge in [0.05, 0.1) is 5.69 Å². The SMILES string of the molecule is Cc1cccc(-n2nnnc2-c2cccc(N)c2)c1C. The van der Waals surface area contributed by atoms with Crippen LogP contribution in [-0.2, 0) is 0 Å². The number of tetrazole rings is 1. The number of anilines is 1. The highest BCUT2D eigenvalue weighted by Crippen LogP contribution is 2.24. The maximum absolute atomic E-state index is 5.83. The van der Waals surface area contributed by atoms with Gasteiger partial charge in [0, 0.05) is 11.3 Å². The lowest BCUT2D eigenvalue weighted by Gasteiger charge is -2.10. The molecule has 0 amide bonds. The highest BCUT2D eigenvalue weighted by molar-refractivity contribution is 5.63. The minimum atomic E-state index is 0.686. The molecule has 5 heteroatoms. The quantitative estimate of drug-likeness (QED) is 0.723. The molecular formula is C15H15N5. The molecule has 0 atom stereocenters. The molecule has 1 heterocycles. The Morgan fingerprint density at radius 3 is 2.65 bits per heavy atom. The van der Waals surface area contributed by atoms with Crippen molar-refractivity contribution in [3.8, 4) is 17.1 Å². The molecule has 3 aromatic rings. The van der Waals surface area contributed by atoms with Crippen molar-refractivity contribution in [3.05, 3.63) is 53.6 Å². The van der Waals surface area contributed by atoms with Crippen molar-refractivity contribution < 1.29 is 0 Å². The van der Waals surface area contributed by atoms with E-state index >= 15 is 0 Å². The van der Waals surface area contributed by atoms with E-state index in [0.717, 1.165) is 16.8 Å². The molecule has 2 aromatic carbocycles. The molecule has 5 nitrogen and oxygen atoms in total. The van der Waals surface area contributed by atoms with Crippen molar-refractivity contribution in [2.45, 2.75) is 13.8 Å². The van der Waals surface area contributed by atoms with Crippen molar-refractivity contribution in [1.82, 2.24) is 20.2 Å². The molecule has 3 rings (SSSR count). The molecule has 0 fully saturated rings. The number of aryl methyl sites for hydroxylation is 1. The number of nitrogens with two attached hydrogens (primary N) is 1. The Morgan fingerprint density at radius 1 is 1.05 bits per heavy atom. The van der Waals surface area contributed by atoms with Gasteiger partial charge in [-0.3, -0.25) is 0 Å². The van der Waals surface area contributed by atoms with Gasteiger partial charge in [0.25, 0.3) is 0 Å². The van der Waals surface area contributed by atoms with E-state index in [1.165, 1.54) is 5.56 Å². The number of hydrogen-bond donors (Lipinski definition) is 1. The standard InChI is InChI=1S/C15H15N5/c1-10-5-3-8-14(11(10)2)20-15(17-18-19-20)12-6-4-7-13(16)9-12/h3-9H,16H2,1-2H3. The summed E-state index contributed by atoms with van der Waals surface area (Å²) >= 11 is 0. The summed E-state index contributed by atoms with van der Waals surface area (Å²) in [6, 6.07) is 13.6. The molecule has 0 aliphatic rings. The first kappa shape index (κ1) is 12.3. The zero-order chi connectivity index (χ0) is 14.1. The fraction of sp³-hybridized carbons (Fsp3) is 0.133. The van der Waals surface area contributed by atoms with E-state index in [4.69, 9.17) is 5.73 Å². The van der Waals surface area contributed by atoms with E-state index in [1.54, 1.807) is 4.68 Å². The fourth-order valence-corrected chi connectivity index (χ4v) is 2.17. The van der Waals surface area contributed by atoms with E-state index < -0.39 is 0 Å². The zero-order valence-corrected chi connectivity index (χ0v) is 11.4. The molecule has 0 aliphatic carbocycles. The molecule has 0 spiro atoms. The first-order valence-electron chi connectivity index (χ1n) is 6.37. The van der Waals surface area contributed by atoms with Gasteiger partial charge < -0.3 is 5.73 Å². The molecule has 0 aliphatic heterocycles. The van der Waals surface area contributed by atoms with Crippen molar-refractivity contribution in [3.63, 3.8) is 0 Å². The van der Waals surface area contributed by atoms with Crippen LogP contribution in [0.5, 0.6) is 0 Å². The third-order valence-corrected chi connectivity index (χ3v) is 3.42. The van der Waals surface area contributed by atoms with Gasteiger partial charge in [-0.2, -0.15) is 4.68 Å². The van der Waals surface area contributed by atoms with Gasteiger partial charge in [0.15, 0.2) is 5.82 Å². The summed E-state index contributed by atoms with van der Waals surface area (Å²) in [4.78, 5) is 0. The average molecular weight is 265 g/mol. The Balaban J connectivity index is 2.18. The van der Waals surface area contributed by atoms with Gasteiger partial charge in [-0.05, 0) is 53.6 Å². The first-order valence-corrected chi connectivity index (χ1v) is 6.37. The lowest BCUT2D eigenvalue weighted by molar-refractivity contribution is 0.786. The lowest BCUT2D eigenvalue weighted by Crippen LogP contribution is -2.03. The van der Waals surface area contributed by atoms with Crippen LogP contribution in [0.2, 0.25) is 0 Å². The summed E-state index contributed by atoms with van der Waals surface area (Å²) in [6.07, 6.45) is 0.